The zero-order chi connectivity index (χ0) is 17.4. The van der Waals surface area contributed by atoms with Crippen molar-refractivity contribution in [3.63, 3.8) is 0 Å². The molecule has 5 heteroatoms. The molecule has 0 atom stereocenters. The van der Waals surface area contributed by atoms with E-state index >= 15 is 0 Å². The Morgan fingerprint density at radius 2 is 1.84 bits per heavy atom. The molecule has 1 saturated carbocycles. The first kappa shape index (κ1) is 15.8. The zero-order valence-electron chi connectivity index (χ0n) is 13.8. The van der Waals surface area contributed by atoms with Crippen molar-refractivity contribution < 1.29 is 14.0 Å². The molecular formula is C20H19NO4. The van der Waals surface area contributed by atoms with E-state index in [1.807, 2.05) is 6.07 Å². The highest BCUT2D eigenvalue weighted by Crippen LogP contribution is 2.51. The molecule has 1 fully saturated rings. The maximum Gasteiger partial charge on any atom is 0.336 e. The van der Waals surface area contributed by atoms with E-state index in [1.165, 1.54) is 24.5 Å². The summed E-state index contributed by atoms with van der Waals surface area (Å²) < 4.78 is 5.07. The topological polar surface area (TPSA) is 76.4 Å². The largest absolute Gasteiger partial charge is 0.426 e. The molecule has 2 aromatic rings. The second-order valence-electron chi connectivity index (χ2n) is 6.94. The van der Waals surface area contributed by atoms with Crippen molar-refractivity contribution in [1.82, 2.24) is 5.32 Å². The molecule has 1 aliphatic heterocycles. The molecule has 128 valence electrons. The van der Waals surface area contributed by atoms with Gasteiger partial charge in [-0.2, -0.15) is 0 Å². The van der Waals surface area contributed by atoms with Crippen molar-refractivity contribution in [3.8, 4) is 0 Å². The summed E-state index contributed by atoms with van der Waals surface area (Å²) in [5, 5.41) is 2.30. The monoisotopic (exact) mass is 337 g/mol. The van der Waals surface area contributed by atoms with Gasteiger partial charge >= 0.3 is 5.63 Å². The SMILES string of the molecule is O=C1Cc2oc(=O)cc(CCCC3(c4ccccc4)CC3)c2C(=O)N1. The van der Waals surface area contributed by atoms with E-state index < -0.39 is 17.4 Å². The van der Waals surface area contributed by atoms with E-state index in [2.05, 4.69) is 29.6 Å². The van der Waals surface area contributed by atoms with Gasteiger partial charge in [0.05, 0.1) is 12.0 Å². The van der Waals surface area contributed by atoms with E-state index in [9.17, 15) is 14.4 Å². The van der Waals surface area contributed by atoms with Gasteiger partial charge in [-0.15, -0.1) is 0 Å². The molecule has 0 saturated heterocycles. The van der Waals surface area contributed by atoms with Crippen LogP contribution in [0.3, 0.4) is 0 Å². The van der Waals surface area contributed by atoms with Gasteiger partial charge in [0, 0.05) is 6.07 Å². The maximum absolute atomic E-state index is 12.1. The van der Waals surface area contributed by atoms with Crippen molar-refractivity contribution in [1.29, 1.82) is 0 Å². The first-order chi connectivity index (χ1) is 12.1. The summed E-state index contributed by atoms with van der Waals surface area (Å²) in [5.41, 5.74) is 2.16. The normalized spacial score (nSPS) is 17.8. The summed E-state index contributed by atoms with van der Waals surface area (Å²) in [4.78, 5) is 35.4. The number of hydrogen-bond acceptors (Lipinski definition) is 4. The summed E-state index contributed by atoms with van der Waals surface area (Å²) in [7, 11) is 0. The van der Waals surface area contributed by atoms with Gasteiger partial charge in [-0.3, -0.25) is 14.9 Å². The molecule has 1 aromatic heterocycles. The molecule has 0 spiro atoms. The average molecular weight is 337 g/mol. The quantitative estimate of drug-likeness (QED) is 0.851. The van der Waals surface area contributed by atoms with E-state index in [-0.39, 0.29) is 17.6 Å². The number of aryl methyl sites for hydroxylation is 1. The van der Waals surface area contributed by atoms with Gasteiger partial charge in [0.15, 0.2) is 0 Å². The molecule has 1 N–H and O–H groups in total. The van der Waals surface area contributed by atoms with E-state index in [0.29, 0.717) is 17.5 Å². The summed E-state index contributed by atoms with van der Waals surface area (Å²) in [6, 6.07) is 11.9. The molecular weight excluding hydrogens is 318 g/mol. The molecule has 1 aromatic carbocycles. The van der Waals surface area contributed by atoms with Crippen LogP contribution in [0.25, 0.3) is 0 Å². The number of nitrogens with one attached hydrogen (secondary N) is 1. The fraction of sp³-hybridized carbons (Fsp3) is 0.350. The molecule has 2 amide bonds. The van der Waals surface area contributed by atoms with Gasteiger partial charge in [-0.05, 0) is 48.6 Å². The minimum atomic E-state index is -0.500. The van der Waals surface area contributed by atoms with E-state index in [4.69, 9.17) is 4.42 Å². The van der Waals surface area contributed by atoms with Crippen LogP contribution in [0.2, 0.25) is 0 Å². The van der Waals surface area contributed by atoms with Crippen molar-refractivity contribution in [3.05, 3.63) is 69.3 Å². The first-order valence-electron chi connectivity index (χ1n) is 8.63. The number of rotatable bonds is 5. The van der Waals surface area contributed by atoms with Crippen molar-refractivity contribution in [2.24, 2.45) is 0 Å². The standard InChI is InChI=1S/C20H19NO4/c22-16-12-15-18(19(24)21-16)13(11-17(23)25-15)5-4-8-20(9-10-20)14-6-2-1-3-7-14/h1-3,6-7,11H,4-5,8-10,12H2,(H,21,22,24). The summed E-state index contributed by atoms with van der Waals surface area (Å²) in [6.45, 7) is 0. The lowest BCUT2D eigenvalue weighted by molar-refractivity contribution is -0.120. The van der Waals surface area contributed by atoms with Crippen LogP contribution in [-0.4, -0.2) is 11.8 Å². The minimum absolute atomic E-state index is 0.0574. The number of fused-ring (bicyclic) bond motifs is 1. The van der Waals surface area contributed by atoms with Gasteiger partial charge in [0.1, 0.15) is 5.76 Å². The Labute approximate surface area is 145 Å². The third kappa shape index (κ3) is 3.02. The number of carbonyl (C=O) groups is 2. The van der Waals surface area contributed by atoms with E-state index in [0.717, 1.165) is 12.8 Å². The van der Waals surface area contributed by atoms with Crippen molar-refractivity contribution >= 4 is 11.8 Å². The Balaban J connectivity index is 1.52. The fourth-order valence-corrected chi connectivity index (χ4v) is 3.81. The first-order valence-corrected chi connectivity index (χ1v) is 8.63. The van der Waals surface area contributed by atoms with Gasteiger partial charge in [-0.25, -0.2) is 4.79 Å². The lowest BCUT2D eigenvalue weighted by Gasteiger charge is -2.18. The van der Waals surface area contributed by atoms with Crippen LogP contribution >= 0.6 is 0 Å². The van der Waals surface area contributed by atoms with Gasteiger partial charge in [0.25, 0.3) is 5.91 Å². The van der Waals surface area contributed by atoms with Gasteiger partial charge < -0.3 is 4.42 Å². The molecule has 1 aliphatic carbocycles. The summed E-state index contributed by atoms with van der Waals surface area (Å²) in [6.07, 6.45) is 4.84. The number of imide groups is 1. The lowest BCUT2D eigenvalue weighted by atomic mass is 9.88. The number of carbonyl (C=O) groups excluding carboxylic acids is 2. The summed E-state index contributed by atoms with van der Waals surface area (Å²) >= 11 is 0. The van der Waals surface area contributed by atoms with Gasteiger partial charge in [-0.1, -0.05) is 30.3 Å². The Hall–Kier alpha value is -2.69. The second kappa shape index (κ2) is 5.99. The van der Waals surface area contributed by atoms with Crippen LogP contribution in [0, 0.1) is 0 Å². The summed E-state index contributed by atoms with van der Waals surface area (Å²) in [5.74, 6) is -0.701. The fourth-order valence-electron chi connectivity index (χ4n) is 3.81. The number of benzene rings is 1. The van der Waals surface area contributed by atoms with Crippen molar-refractivity contribution in [2.45, 2.75) is 43.9 Å². The number of hydrogen-bond donors (Lipinski definition) is 1. The molecule has 4 rings (SSSR count). The van der Waals surface area contributed by atoms with Crippen LogP contribution in [0.1, 0.15) is 52.9 Å². The van der Waals surface area contributed by atoms with E-state index in [1.54, 1.807) is 0 Å². The highest BCUT2D eigenvalue weighted by molar-refractivity contribution is 6.09. The van der Waals surface area contributed by atoms with Crippen molar-refractivity contribution in [2.75, 3.05) is 0 Å². The Morgan fingerprint density at radius 3 is 2.56 bits per heavy atom. The molecule has 2 aliphatic rings. The third-order valence-electron chi connectivity index (χ3n) is 5.26. The van der Waals surface area contributed by atoms with Crippen LogP contribution in [0.15, 0.2) is 45.6 Å². The maximum atomic E-state index is 12.1. The molecule has 0 bridgehead atoms. The number of amides is 2. The molecule has 2 heterocycles. The Kier molecular flexibility index (Phi) is 3.79. The smallest absolute Gasteiger partial charge is 0.336 e. The zero-order valence-corrected chi connectivity index (χ0v) is 13.8. The molecule has 5 nitrogen and oxygen atoms in total. The molecule has 0 unspecified atom stereocenters. The van der Waals surface area contributed by atoms with Crippen LogP contribution in [0.5, 0.6) is 0 Å². The average Bonchev–Trinajstić information content (AvgIpc) is 3.35. The third-order valence-corrected chi connectivity index (χ3v) is 5.26. The van der Waals surface area contributed by atoms with Crippen LogP contribution in [0.4, 0.5) is 0 Å². The van der Waals surface area contributed by atoms with Gasteiger partial charge in [0.2, 0.25) is 5.91 Å². The highest BCUT2D eigenvalue weighted by Gasteiger charge is 2.43. The van der Waals surface area contributed by atoms with Crippen LogP contribution in [-0.2, 0) is 23.1 Å². The second-order valence-corrected chi connectivity index (χ2v) is 6.94. The molecule has 0 radical (unpaired) electrons. The molecule has 25 heavy (non-hydrogen) atoms. The van der Waals surface area contributed by atoms with Crippen LogP contribution < -0.4 is 10.9 Å². The Bertz CT molecular complexity index is 894. The highest BCUT2D eigenvalue weighted by atomic mass is 16.4. The predicted molar refractivity (Wildman–Crippen MR) is 91.4 cm³/mol. The Morgan fingerprint density at radius 1 is 1.08 bits per heavy atom. The minimum Gasteiger partial charge on any atom is -0.426 e. The lowest BCUT2D eigenvalue weighted by Crippen LogP contribution is -2.38. The predicted octanol–water partition coefficient (Wildman–Crippen LogP) is 2.51.